The van der Waals surface area contributed by atoms with Gasteiger partial charge in [-0.15, -0.1) is 0 Å². The molecule has 0 aromatic heterocycles. The molecule has 0 bridgehead atoms. The Labute approximate surface area is 163 Å². The molecule has 0 heterocycles. The van der Waals surface area contributed by atoms with Gasteiger partial charge in [-0.2, -0.15) is 13.2 Å². The van der Waals surface area contributed by atoms with Gasteiger partial charge in [0.2, 0.25) is 0 Å². The topological polar surface area (TPSA) is 20.2 Å². The summed E-state index contributed by atoms with van der Waals surface area (Å²) in [6.07, 6.45) is 3.71. The SMILES string of the molecule is CCCC1(C)C(CC)CCC2C1CCC1(C)C2CC[C@@H]1CC(O)C(F)(F)F. The fraction of sp³-hybridized carbons (Fsp3) is 1.00. The van der Waals surface area contributed by atoms with Gasteiger partial charge in [0.25, 0.3) is 0 Å². The molecule has 8 atom stereocenters. The van der Waals surface area contributed by atoms with Gasteiger partial charge in [0, 0.05) is 0 Å². The summed E-state index contributed by atoms with van der Waals surface area (Å²) in [4.78, 5) is 0. The standard InChI is InChI=1S/C23H39F3O/c1-5-12-21(3)15(6-2)7-9-17-18-10-8-16(14-20(27)23(24,25)26)22(18,4)13-11-19(17)21/h15-20,27H,5-14H2,1-4H3/t15?,16-,17?,18?,19?,20?,21?,22?/m1/s1. The largest absolute Gasteiger partial charge is 0.414 e. The molecule has 0 aromatic carbocycles. The Morgan fingerprint density at radius 2 is 1.63 bits per heavy atom. The molecule has 7 unspecified atom stereocenters. The van der Waals surface area contributed by atoms with E-state index in [1.54, 1.807) is 0 Å². The fourth-order valence-electron chi connectivity index (χ4n) is 8.03. The van der Waals surface area contributed by atoms with Crippen molar-refractivity contribution in [1.82, 2.24) is 0 Å². The number of hydrogen-bond donors (Lipinski definition) is 1. The number of fused-ring (bicyclic) bond motifs is 3. The Bertz CT molecular complexity index is 518. The average molecular weight is 389 g/mol. The molecule has 3 aliphatic carbocycles. The lowest BCUT2D eigenvalue weighted by molar-refractivity contribution is -0.212. The van der Waals surface area contributed by atoms with Crippen LogP contribution in [0.1, 0.15) is 91.9 Å². The zero-order chi connectivity index (χ0) is 20.0. The van der Waals surface area contributed by atoms with E-state index < -0.39 is 12.3 Å². The van der Waals surface area contributed by atoms with Crippen LogP contribution in [0.15, 0.2) is 0 Å². The molecule has 4 heteroatoms. The van der Waals surface area contributed by atoms with E-state index in [1.165, 1.54) is 38.5 Å². The summed E-state index contributed by atoms with van der Waals surface area (Å²) in [5, 5.41) is 9.68. The van der Waals surface area contributed by atoms with Crippen molar-refractivity contribution in [3.8, 4) is 0 Å². The number of alkyl halides is 3. The van der Waals surface area contributed by atoms with Crippen LogP contribution in [0.3, 0.4) is 0 Å². The van der Waals surface area contributed by atoms with Gasteiger partial charge in [-0.25, -0.2) is 0 Å². The molecule has 1 nitrogen and oxygen atoms in total. The summed E-state index contributed by atoms with van der Waals surface area (Å²) in [5.74, 6) is 2.78. The van der Waals surface area contributed by atoms with Crippen LogP contribution >= 0.6 is 0 Å². The summed E-state index contributed by atoms with van der Waals surface area (Å²) in [5.41, 5.74) is 0.386. The van der Waals surface area contributed by atoms with Gasteiger partial charge in [0.1, 0.15) is 6.10 Å². The third-order valence-corrected chi connectivity index (χ3v) is 9.43. The molecule has 0 amide bonds. The maximum atomic E-state index is 12.9. The van der Waals surface area contributed by atoms with Crippen LogP contribution in [0.4, 0.5) is 13.2 Å². The molecule has 0 aliphatic heterocycles. The molecule has 158 valence electrons. The van der Waals surface area contributed by atoms with Crippen molar-refractivity contribution in [2.75, 3.05) is 0 Å². The van der Waals surface area contributed by atoms with Crippen molar-refractivity contribution < 1.29 is 18.3 Å². The third-order valence-electron chi connectivity index (χ3n) is 9.43. The van der Waals surface area contributed by atoms with E-state index in [1.807, 2.05) is 0 Å². The molecule has 3 fully saturated rings. The minimum absolute atomic E-state index is 0.0143. The predicted molar refractivity (Wildman–Crippen MR) is 103 cm³/mol. The van der Waals surface area contributed by atoms with Crippen molar-refractivity contribution >= 4 is 0 Å². The highest BCUT2D eigenvalue weighted by molar-refractivity contribution is 5.08. The van der Waals surface area contributed by atoms with E-state index in [-0.39, 0.29) is 17.8 Å². The quantitative estimate of drug-likeness (QED) is 0.538. The van der Waals surface area contributed by atoms with E-state index >= 15 is 0 Å². The lowest BCUT2D eigenvalue weighted by Gasteiger charge is -2.59. The molecular weight excluding hydrogens is 349 g/mol. The van der Waals surface area contributed by atoms with Crippen molar-refractivity contribution in [3.63, 3.8) is 0 Å². The first-order valence-corrected chi connectivity index (χ1v) is 11.3. The number of hydrogen-bond acceptors (Lipinski definition) is 1. The molecule has 3 rings (SSSR count). The predicted octanol–water partition coefficient (Wildman–Crippen LogP) is 6.98. The van der Waals surface area contributed by atoms with E-state index in [9.17, 15) is 18.3 Å². The van der Waals surface area contributed by atoms with E-state index in [2.05, 4.69) is 27.7 Å². The molecule has 1 N–H and O–H groups in total. The number of aliphatic hydroxyl groups excluding tert-OH is 1. The van der Waals surface area contributed by atoms with Crippen molar-refractivity contribution in [2.24, 2.45) is 40.4 Å². The summed E-state index contributed by atoms with van der Waals surface area (Å²) in [7, 11) is 0. The van der Waals surface area contributed by atoms with Crippen molar-refractivity contribution in [1.29, 1.82) is 0 Å². The Morgan fingerprint density at radius 3 is 2.22 bits per heavy atom. The fourth-order valence-corrected chi connectivity index (χ4v) is 8.03. The maximum absolute atomic E-state index is 12.9. The monoisotopic (exact) mass is 388 g/mol. The zero-order valence-electron chi connectivity index (χ0n) is 17.6. The van der Waals surface area contributed by atoms with Gasteiger partial charge in [-0.1, -0.05) is 40.5 Å². The maximum Gasteiger partial charge on any atom is 0.414 e. The van der Waals surface area contributed by atoms with E-state index in [0.717, 1.165) is 31.1 Å². The highest BCUT2D eigenvalue weighted by atomic mass is 19.4. The number of rotatable bonds is 5. The Balaban J connectivity index is 1.80. The first-order valence-electron chi connectivity index (χ1n) is 11.3. The van der Waals surface area contributed by atoms with Crippen LogP contribution in [0.2, 0.25) is 0 Å². The summed E-state index contributed by atoms with van der Waals surface area (Å²) < 4.78 is 38.8. The molecule has 0 spiro atoms. The number of halogens is 3. The van der Waals surface area contributed by atoms with Crippen LogP contribution in [-0.4, -0.2) is 17.4 Å². The third kappa shape index (κ3) is 3.57. The second kappa shape index (κ2) is 7.54. The lowest BCUT2D eigenvalue weighted by atomic mass is 9.46. The molecule has 27 heavy (non-hydrogen) atoms. The molecule has 0 saturated heterocycles. The Kier molecular flexibility index (Phi) is 5.99. The van der Waals surface area contributed by atoms with Crippen molar-refractivity contribution in [3.05, 3.63) is 0 Å². The number of aliphatic hydroxyl groups is 1. The highest BCUT2D eigenvalue weighted by Gasteiger charge is 2.59. The summed E-state index contributed by atoms with van der Waals surface area (Å²) in [6.45, 7) is 9.39. The summed E-state index contributed by atoms with van der Waals surface area (Å²) in [6, 6.07) is 0. The molecule has 0 aromatic rings. The van der Waals surface area contributed by atoms with Gasteiger partial charge in [-0.3, -0.25) is 0 Å². The Hall–Kier alpha value is -0.250. The first kappa shape index (κ1) is 21.5. The first-order chi connectivity index (χ1) is 12.6. The molecule has 0 radical (unpaired) electrons. The smallest absolute Gasteiger partial charge is 0.384 e. The van der Waals surface area contributed by atoms with Gasteiger partial charge in [-0.05, 0) is 91.8 Å². The van der Waals surface area contributed by atoms with Crippen LogP contribution in [0, 0.1) is 40.4 Å². The highest BCUT2D eigenvalue weighted by Crippen LogP contribution is 2.67. The van der Waals surface area contributed by atoms with Gasteiger partial charge >= 0.3 is 6.18 Å². The Morgan fingerprint density at radius 1 is 0.963 bits per heavy atom. The normalized spacial score (nSPS) is 46.0. The minimum atomic E-state index is -4.48. The lowest BCUT2D eigenvalue weighted by Crippen LogP contribution is -2.52. The van der Waals surface area contributed by atoms with E-state index in [0.29, 0.717) is 17.3 Å². The van der Waals surface area contributed by atoms with Crippen LogP contribution in [-0.2, 0) is 0 Å². The van der Waals surface area contributed by atoms with Crippen LogP contribution < -0.4 is 0 Å². The van der Waals surface area contributed by atoms with Gasteiger partial charge < -0.3 is 5.11 Å². The molecule has 3 aliphatic rings. The summed E-state index contributed by atoms with van der Waals surface area (Å²) >= 11 is 0. The second-order valence-electron chi connectivity index (χ2n) is 10.4. The molecular formula is C23H39F3O. The van der Waals surface area contributed by atoms with Crippen molar-refractivity contribution in [2.45, 2.75) is 104 Å². The zero-order valence-corrected chi connectivity index (χ0v) is 17.6. The second-order valence-corrected chi connectivity index (χ2v) is 10.4. The van der Waals surface area contributed by atoms with Gasteiger partial charge in [0.05, 0.1) is 0 Å². The van der Waals surface area contributed by atoms with Crippen LogP contribution in [0.5, 0.6) is 0 Å². The average Bonchev–Trinajstić information content (AvgIpc) is 2.91. The minimum Gasteiger partial charge on any atom is -0.384 e. The van der Waals surface area contributed by atoms with E-state index in [4.69, 9.17) is 0 Å². The van der Waals surface area contributed by atoms with Crippen LogP contribution in [0.25, 0.3) is 0 Å². The molecule has 3 saturated carbocycles. The van der Waals surface area contributed by atoms with Gasteiger partial charge in [0.15, 0.2) is 0 Å².